The first kappa shape index (κ1) is 26.0. The third-order valence-electron chi connectivity index (χ3n) is 4.12. The smallest absolute Gasteiger partial charge is 0.326 e. The predicted molar refractivity (Wildman–Crippen MR) is 105 cm³/mol. The van der Waals surface area contributed by atoms with E-state index in [1.54, 1.807) is 0 Å². The van der Waals surface area contributed by atoms with Crippen LogP contribution in [0.1, 0.15) is 25.5 Å². The van der Waals surface area contributed by atoms with E-state index in [2.05, 4.69) is 20.6 Å². The molecule has 1 aromatic rings. The molecule has 0 aliphatic rings. The molecule has 0 saturated heterocycles. The number of rotatable bonds is 13. The average molecular weight is 455 g/mol. The van der Waals surface area contributed by atoms with Gasteiger partial charge >= 0.3 is 11.9 Å². The minimum Gasteiger partial charge on any atom is -0.481 e. The lowest BCUT2D eigenvalue weighted by molar-refractivity contribution is -0.147. The number of nitrogens with one attached hydrogen (secondary N) is 4. The number of amides is 4. The van der Waals surface area contributed by atoms with E-state index < -0.39 is 72.6 Å². The van der Waals surface area contributed by atoms with Crippen molar-refractivity contribution in [3.05, 3.63) is 18.2 Å². The topological polar surface area (TPSA) is 260 Å². The summed E-state index contributed by atoms with van der Waals surface area (Å²) in [4.78, 5) is 76.6. The molecule has 0 saturated carbocycles. The minimum absolute atomic E-state index is 0.0652. The normalized spacial score (nSPS) is 14.3. The molecule has 1 aromatic heterocycles. The molecule has 0 aromatic carbocycles. The lowest BCUT2D eigenvalue weighted by Gasteiger charge is -2.22. The third-order valence-corrected chi connectivity index (χ3v) is 4.12. The van der Waals surface area contributed by atoms with E-state index in [-0.39, 0.29) is 6.42 Å². The molecule has 0 radical (unpaired) electrons. The van der Waals surface area contributed by atoms with Gasteiger partial charge in [-0.15, -0.1) is 0 Å². The zero-order valence-electron chi connectivity index (χ0n) is 17.0. The van der Waals surface area contributed by atoms with Crippen molar-refractivity contribution >= 4 is 35.6 Å². The van der Waals surface area contributed by atoms with Crippen LogP contribution in [0.4, 0.5) is 0 Å². The number of hydrogen-bond donors (Lipinski definition) is 8. The highest BCUT2D eigenvalue weighted by Crippen LogP contribution is 2.00. The Hall–Kier alpha value is -4.01. The van der Waals surface area contributed by atoms with Crippen LogP contribution in [0, 0.1) is 0 Å². The Morgan fingerprint density at radius 2 is 1.62 bits per heavy atom. The second-order valence-electron chi connectivity index (χ2n) is 6.85. The molecule has 0 bridgehead atoms. The molecule has 176 valence electrons. The average Bonchev–Trinajstić information content (AvgIpc) is 3.18. The Balaban J connectivity index is 2.76. The number of nitrogens with zero attached hydrogens (tertiary/aromatic N) is 1. The van der Waals surface area contributed by atoms with Crippen LogP contribution in [0.15, 0.2) is 12.5 Å². The van der Waals surface area contributed by atoms with Gasteiger partial charge in [-0.25, -0.2) is 9.78 Å². The van der Waals surface area contributed by atoms with Gasteiger partial charge in [-0.05, 0) is 6.92 Å². The van der Waals surface area contributed by atoms with Gasteiger partial charge in [0.2, 0.25) is 23.6 Å². The quantitative estimate of drug-likeness (QED) is 0.144. The van der Waals surface area contributed by atoms with Crippen molar-refractivity contribution in [2.45, 2.75) is 50.4 Å². The Kier molecular flexibility index (Phi) is 9.75. The predicted octanol–water partition coefficient (Wildman–Crippen LogP) is -3.81. The Bertz CT molecular complexity index is 857. The number of hydrogen-bond acceptors (Lipinski definition) is 8. The molecule has 0 aliphatic carbocycles. The van der Waals surface area contributed by atoms with Crippen molar-refractivity contribution in [1.82, 2.24) is 25.9 Å². The molecular weight excluding hydrogens is 430 g/mol. The van der Waals surface area contributed by atoms with Crippen LogP contribution in [-0.4, -0.2) is 79.9 Å². The minimum atomic E-state index is -1.72. The number of carboxylic acids is 2. The van der Waals surface area contributed by atoms with Crippen LogP contribution in [0.2, 0.25) is 0 Å². The van der Waals surface area contributed by atoms with Gasteiger partial charge in [-0.3, -0.25) is 24.0 Å². The van der Waals surface area contributed by atoms with Crippen molar-refractivity contribution in [3.63, 3.8) is 0 Å². The van der Waals surface area contributed by atoms with E-state index in [0.717, 1.165) is 0 Å². The first-order valence-electron chi connectivity index (χ1n) is 9.27. The molecule has 0 spiro atoms. The van der Waals surface area contributed by atoms with Crippen LogP contribution < -0.4 is 27.4 Å². The molecule has 15 nitrogen and oxygen atoms in total. The number of aromatic nitrogens is 2. The zero-order valence-corrected chi connectivity index (χ0v) is 17.0. The summed E-state index contributed by atoms with van der Waals surface area (Å²) in [5, 5.41) is 24.1. The number of aliphatic carboxylic acids is 2. The van der Waals surface area contributed by atoms with Crippen molar-refractivity contribution in [1.29, 1.82) is 0 Å². The lowest BCUT2D eigenvalue weighted by Crippen LogP contribution is -2.57. The summed E-state index contributed by atoms with van der Waals surface area (Å²) in [6.45, 7) is 1.19. The fourth-order valence-corrected chi connectivity index (χ4v) is 2.47. The number of nitrogens with two attached hydrogens (primary N) is 2. The SMILES string of the molecule is CC(NC(=O)C(CC(N)=O)NC(=O)C(N)Cc1cnc[nH]1)C(=O)NC(CC(=O)O)C(=O)O. The summed E-state index contributed by atoms with van der Waals surface area (Å²) < 4.78 is 0. The van der Waals surface area contributed by atoms with E-state index in [9.17, 15) is 28.8 Å². The highest BCUT2D eigenvalue weighted by atomic mass is 16.4. The summed E-state index contributed by atoms with van der Waals surface area (Å²) in [5.41, 5.74) is 11.5. The summed E-state index contributed by atoms with van der Waals surface area (Å²) in [6.07, 6.45) is 1.43. The maximum atomic E-state index is 12.5. The van der Waals surface area contributed by atoms with Gasteiger partial charge in [0, 0.05) is 18.3 Å². The van der Waals surface area contributed by atoms with Crippen LogP contribution in [0.5, 0.6) is 0 Å². The Morgan fingerprint density at radius 3 is 2.12 bits per heavy atom. The number of aromatic amines is 1. The van der Waals surface area contributed by atoms with Crippen molar-refractivity contribution in [2.75, 3.05) is 0 Å². The van der Waals surface area contributed by atoms with E-state index in [0.29, 0.717) is 5.69 Å². The molecule has 10 N–H and O–H groups in total. The standard InChI is InChI=1S/C17H25N7O8/c1-7(14(28)24-11(17(31)32)4-13(26)27)22-16(30)10(3-12(19)25)23-15(29)9(18)2-8-5-20-6-21-8/h5-7,9-11H,2-4,18H2,1H3,(H2,19,25)(H,20,21)(H,22,30)(H,23,29)(H,24,28)(H,26,27)(H,31,32). The van der Waals surface area contributed by atoms with E-state index in [1.165, 1.54) is 19.4 Å². The molecule has 4 amide bonds. The first-order valence-corrected chi connectivity index (χ1v) is 9.27. The summed E-state index contributed by atoms with van der Waals surface area (Å²) in [7, 11) is 0. The van der Waals surface area contributed by atoms with E-state index in [1.807, 2.05) is 5.32 Å². The van der Waals surface area contributed by atoms with Gasteiger partial charge in [-0.1, -0.05) is 0 Å². The van der Waals surface area contributed by atoms with Gasteiger partial charge in [0.05, 0.1) is 25.2 Å². The summed E-state index contributed by atoms with van der Waals surface area (Å²) in [6, 6.07) is -5.60. The number of H-pyrrole nitrogens is 1. The maximum absolute atomic E-state index is 12.5. The van der Waals surface area contributed by atoms with Gasteiger partial charge in [0.1, 0.15) is 18.1 Å². The van der Waals surface area contributed by atoms with Gasteiger partial charge in [0.15, 0.2) is 0 Å². The molecule has 1 heterocycles. The van der Waals surface area contributed by atoms with Gasteiger partial charge < -0.3 is 42.6 Å². The van der Waals surface area contributed by atoms with Crippen molar-refractivity contribution in [2.24, 2.45) is 11.5 Å². The highest BCUT2D eigenvalue weighted by Gasteiger charge is 2.30. The maximum Gasteiger partial charge on any atom is 0.326 e. The Labute approximate surface area is 181 Å². The molecule has 4 unspecified atom stereocenters. The molecule has 1 rings (SSSR count). The van der Waals surface area contributed by atoms with Crippen molar-refractivity contribution < 1.29 is 39.0 Å². The largest absolute Gasteiger partial charge is 0.481 e. The summed E-state index contributed by atoms with van der Waals surface area (Å²) in [5.74, 6) is -6.68. The van der Waals surface area contributed by atoms with E-state index in [4.69, 9.17) is 21.7 Å². The molecule has 4 atom stereocenters. The summed E-state index contributed by atoms with van der Waals surface area (Å²) >= 11 is 0. The van der Waals surface area contributed by atoms with Gasteiger partial charge in [-0.2, -0.15) is 0 Å². The van der Waals surface area contributed by atoms with Crippen molar-refractivity contribution in [3.8, 4) is 0 Å². The highest BCUT2D eigenvalue weighted by molar-refractivity contribution is 5.96. The molecular formula is C17H25N7O8. The van der Waals surface area contributed by atoms with Crippen LogP contribution in [0.25, 0.3) is 0 Å². The number of carboxylic acid groups (broad SMARTS) is 2. The monoisotopic (exact) mass is 455 g/mol. The van der Waals surface area contributed by atoms with Crippen LogP contribution in [-0.2, 0) is 35.2 Å². The number of carbonyl (C=O) groups is 6. The number of imidazole rings is 1. The Morgan fingerprint density at radius 1 is 1.00 bits per heavy atom. The zero-order chi connectivity index (χ0) is 24.4. The van der Waals surface area contributed by atoms with Crippen LogP contribution >= 0.6 is 0 Å². The third kappa shape index (κ3) is 8.78. The number of carbonyl (C=O) groups excluding carboxylic acids is 4. The second-order valence-corrected chi connectivity index (χ2v) is 6.85. The molecule has 0 aliphatic heterocycles. The number of primary amides is 1. The molecule has 0 fully saturated rings. The molecule has 15 heteroatoms. The van der Waals surface area contributed by atoms with E-state index >= 15 is 0 Å². The van der Waals surface area contributed by atoms with Crippen LogP contribution in [0.3, 0.4) is 0 Å². The second kappa shape index (κ2) is 12.0. The van der Waals surface area contributed by atoms with Gasteiger partial charge in [0.25, 0.3) is 0 Å². The molecule has 32 heavy (non-hydrogen) atoms. The lowest BCUT2D eigenvalue weighted by atomic mass is 10.1. The fourth-order valence-electron chi connectivity index (χ4n) is 2.47. The first-order chi connectivity index (χ1) is 14.9. The fraction of sp³-hybridized carbons (Fsp3) is 0.471.